The van der Waals surface area contributed by atoms with Gasteiger partial charge in [0.15, 0.2) is 0 Å². The molecule has 1 N–H and O–H groups in total. The van der Waals surface area contributed by atoms with Crippen LogP contribution in [0.1, 0.15) is 68.2 Å². The highest BCUT2D eigenvalue weighted by molar-refractivity contribution is 6.31. The van der Waals surface area contributed by atoms with E-state index in [9.17, 15) is 5.11 Å². The lowest BCUT2D eigenvalue weighted by Gasteiger charge is -2.14. The van der Waals surface area contributed by atoms with Crippen LogP contribution < -0.4 is 0 Å². The van der Waals surface area contributed by atoms with Crippen molar-refractivity contribution in [3.8, 4) is 0 Å². The van der Waals surface area contributed by atoms with Crippen molar-refractivity contribution in [2.24, 2.45) is 0 Å². The fraction of sp³-hybridized carbons (Fsp3) is 0.625. The van der Waals surface area contributed by atoms with Crippen LogP contribution in [0.5, 0.6) is 0 Å². The van der Waals surface area contributed by atoms with Gasteiger partial charge in [-0.3, -0.25) is 0 Å². The molecule has 0 saturated heterocycles. The Balaban J connectivity index is 2.51. The van der Waals surface area contributed by atoms with Crippen molar-refractivity contribution in [1.29, 1.82) is 0 Å². The van der Waals surface area contributed by atoms with E-state index in [0.29, 0.717) is 5.02 Å². The van der Waals surface area contributed by atoms with Gasteiger partial charge in [-0.15, -0.1) is 0 Å². The Morgan fingerprint density at radius 1 is 1.06 bits per heavy atom. The zero-order valence-corrected chi connectivity index (χ0v) is 12.6. The molecule has 0 amide bonds. The molecule has 0 radical (unpaired) electrons. The molecule has 0 aliphatic rings. The molecule has 1 aromatic rings. The number of halogens is 1. The first-order valence-corrected chi connectivity index (χ1v) is 7.38. The summed E-state index contributed by atoms with van der Waals surface area (Å²) < 4.78 is 0. The van der Waals surface area contributed by atoms with Gasteiger partial charge in [-0.2, -0.15) is 0 Å². The van der Waals surface area contributed by atoms with Gasteiger partial charge < -0.3 is 5.11 Å². The van der Waals surface area contributed by atoms with E-state index in [1.165, 1.54) is 36.8 Å². The van der Waals surface area contributed by atoms with Gasteiger partial charge in [0.2, 0.25) is 0 Å². The molecule has 0 aliphatic carbocycles. The van der Waals surface area contributed by atoms with Gasteiger partial charge in [0.25, 0.3) is 0 Å². The molecule has 0 bridgehead atoms. The lowest BCUT2D eigenvalue weighted by molar-refractivity contribution is 0.163. The maximum Gasteiger partial charge on any atom is 0.0804 e. The third kappa shape index (κ3) is 4.62. The van der Waals surface area contributed by atoms with Gasteiger partial charge in [0.1, 0.15) is 0 Å². The van der Waals surface area contributed by atoms with Crippen molar-refractivity contribution in [1.82, 2.24) is 0 Å². The Bertz CT molecular complexity index is 374. The smallest absolute Gasteiger partial charge is 0.0804 e. The van der Waals surface area contributed by atoms with Crippen LogP contribution in [0.2, 0.25) is 5.02 Å². The fourth-order valence-corrected chi connectivity index (χ4v) is 2.50. The van der Waals surface area contributed by atoms with Crippen molar-refractivity contribution in [2.75, 3.05) is 0 Å². The van der Waals surface area contributed by atoms with Crippen molar-refractivity contribution in [3.05, 3.63) is 33.8 Å². The number of aryl methyl sites for hydroxylation is 2. The third-order valence-electron chi connectivity index (χ3n) is 3.55. The van der Waals surface area contributed by atoms with Gasteiger partial charge in [-0.25, -0.2) is 0 Å². The molecular formula is C16H25ClO. The van der Waals surface area contributed by atoms with Crippen LogP contribution in [0.3, 0.4) is 0 Å². The lowest BCUT2D eigenvalue weighted by Crippen LogP contribution is -2.00. The minimum absolute atomic E-state index is 0.418. The van der Waals surface area contributed by atoms with Gasteiger partial charge in [-0.1, -0.05) is 56.7 Å². The molecule has 0 saturated carbocycles. The zero-order chi connectivity index (χ0) is 13.5. The fourth-order valence-electron chi connectivity index (χ4n) is 2.16. The molecule has 2 heteroatoms. The number of hydrogen-bond acceptors (Lipinski definition) is 1. The van der Waals surface area contributed by atoms with E-state index >= 15 is 0 Å². The largest absolute Gasteiger partial charge is 0.388 e. The summed E-state index contributed by atoms with van der Waals surface area (Å²) in [6.45, 7) is 6.31. The number of rotatable bonds is 7. The first-order chi connectivity index (χ1) is 8.56. The van der Waals surface area contributed by atoms with Crippen molar-refractivity contribution in [3.63, 3.8) is 0 Å². The van der Waals surface area contributed by atoms with Crippen LogP contribution in [0.15, 0.2) is 12.1 Å². The zero-order valence-electron chi connectivity index (χ0n) is 11.8. The minimum Gasteiger partial charge on any atom is -0.388 e. The molecule has 1 nitrogen and oxygen atoms in total. The van der Waals surface area contributed by atoms with Gasteiger partial charge in [-0.05, 0) is 43.0 Å². The van der Waals surface area contributed by atoms with Crippen molar-refractivity contribution in [2.45, 2.75) is 65.4 Å². The topological polar surface area (TPSA) is 20.2 Å². The second kappa shape index (κ2) is 7.81. The molecule has 0 fully saturated rings. The Morgan fingerprint density at radius 3 is 2.33 bits per heavy atom. The average molecular weight is 269 g/mol. The van der Waals surface area contributed by atoms with Crippen LogP contribution in [0.4, 0.5) is 0 Å². The van der Waals surface area contributed by atoms with E-state index in [0.717, 1.165) is 18.4 Å². The maximum absolute atomic E-state index is 10.2. The number of benzene rings is 1. The summed E-state index contributed by atoms with van der Waals surface area (Å²) in [5, 5.41) is 10.9. The number of hydrogen-bond donors (Lipinski definition) is 1. The van der Waals surface area contributed by atoms with E-state index in [4.69, 9.17) is 11.6 Å². The van der Waals surface area contributed by atoms with E-state index in [1.54, 1.807) is 0 Å². The highest BCUT2D eigenvalue weighted by Crippen LogP contribution is 2.29. The van der Waals surface area contributed by atoms with Crippen LogP contribution in [-0.2, 0) is 0 Å². The van der Waals surface area contributed by atoms with E-state index in [2.05, 4.69) is 13.8 Å². The van der Waals surface area contributed by atoms with E-state index < -0.39 is 6.10 Å². The highest BCUT2D eigenvalue weighted by atomic mass is 35.5. The summed E-state index contributed by atoms with van der Waals surface area (Å²) >= 11 is 6.20. The Kier molecular flexibility index (Phi) is 6.73. The van der Waals surface area contributed by atoms with Crippen LogP contribution in [0, 0.1) is 13.8 Å². The lowest BCUT2D eigenvalue weighted by atomic mass is 9.98. The summed E-state index contributed by atoms with van der Waals surface area (Å²) in [5.74, 6) is 0. The Morgan fingerprint density at radius 2 is 1.67 bits per heavy atom. The summed E-state index contributed by atoms with van der Waals surface area (Å²) in [6.07, 6.45) is 6.48. The standard InChI is InChI=1S/C16H25ClO/c1-4-5-6-7-8-9-16(18)14-10-12(2)13(3)11-15(14)17/h10-11,16,18H,4-9H2,1-3H3. The molecule has 18 heavy (non-hydrogen) atoms. The highest BCUT2D eigenvalue weighted by Gasteiger charge is 2.12. The molecule has 0 aromatic heterocycles. The molecule has 0 aliphatic heterocycles. The normalized spacial score (nSPS) is 12.7. The van der Waals surface area contributed by atoms with Gasteiger partial charge >= 0.3 is 0 Å². The SMILES string of the molecule is CCCCCCCC(O)c1cc(C)c(C)cc1Cl. The molecule has 1 aromatic carbocycles. The van der Waals surface area contributed by atoms with Crippen molar-refractivity contribution >= 4 is 11.6 Å². The number of unbranched alkanes of at least 4 members (excludes halogenated alkanes) is 4. The van der Waals surface area contributed by atoms with E-state index in [1.807, 2.05) is 19.1 Å². The van der Waals surface area contributed by atoms with Gasteiger partial charge in [0.05, 0.1) is 6.10 Å². The third-order valence-corrected chi connectivity index (χ3v) is 3.88. The predicted molar refractivity (Wildman–Crippen MR) is 79.3 cm³/mol. The summed E-state index contributed by atoms with van der Waals surface area (Å²) in [7, 11) is 0. The Hall–Kier alpha value is -0.530. The second-order valence-corrected chi connectivity index (χ2v) is 5.58. The van der Waals surface area contributed by atoms with Crippen LogP contribution >= 0.6 is 11.6 Å². The monoisotopic (exact) mass is 268 g/mol. The van der Waals surface area contributed by atoms with Crippen LogP contribution in [0.25, 0.3) is 0 Å². The van der Waals surface area contributed by atoms with Gasteiger partial charge in [0, 0.05) is 5.02 Å². The molecule has 0 heterocycles. The van der Waals surface area contributed by atoms with E-state index in [-0.39, 0.29) is 0 Å². The molecule has 0 spiro atoms. The molecule has 1 rings (SSSR count). The molecule has 1 unspecified atom stereocenters. The summed E-state index contributed by atoms with van der Waals surface area (Å²) in [5.41, 5.74) is 3.26. The maximum atomic E-state index is 10.2. The first-order valence-electron chi connectivity index (χ1n) is 7.01. The van der Waals surface area contributed by atoms with Crippen molar-refractivity contribution < 1.29 is 5.11 Å². The molecular weight excluding hydrogens is 244 g/mol. The second-order valence-electron chi connectivity index (χ2n) is 5.18. The quantitative estimate of drug-likeness (QED) is 0.661. The summed E-state index contributed by atoms with van der Waals surface area (Å²) in [6, 6.07) is 3.97. The number of aliphatic hydroxyl groups excluding tert-OH is 1. The Labute approximate surface area is 116 Å². The first kappa shape index (κ1) is 15.5. The molecule has 102 valence electrons. The average Bonchev–Trinajstić information content (AvgIpc) is 2.33. The van der Waals surface area contributed by atoms with Crippen LogP contribution in [-0.4, -0.2) is 5.11 Å². The number of aliphatic hydroxyl groups is 1. The molecule has 1 atom stereocenters. The summed E-state index contributed by atoms with van der Waals surface area (Å²) in [4.78, 5) is 0. The predicted octanol–water partition coefficient (Wildman–Crippen LogP) is 5.35. The minimum atomic E-state index is -0.418.